The van der Waals surface area contributed by atoms with Gasteiger partial charge in [-0.1, -0.05) is 0 Å². The molecule has 1 atom stereocenters. The molecule has 0 radical (unpaired) electrons. The van der Waals surface area contributed by atoms with E-state index in [1.54, 1.807) is 23.1 Å². The van der Waals surface area contributed by atoms with E-state index in [1.807, 2.05) is 4.90 Å². The SMILES string of the molecule is CS(=O)(=O)c1ncc(N2CCOc3ccc(OC4CCN(C(=O)C5CCOCC5)C4)cc32)cc1C(F)F. The third kappa shape index (κ3) is 5.49. The van der Waals surface area contributed by atoms with Gasteiger partial charge in [-0.25, -0.2) is 22.2 Å². The fraction of sp³-hybridized carbons (Fsp3) is 0.520. The molecule has 0 saturated carbocycles. The van der Waals surface area contributed by atoms with Crippen molar-refractivity contribution in [3.8, 4) is 11.5 Å². The molecule has 200 valence electrons. The maximum atomic E-state index is 13.7. The first-order chi connectivity index (χ1) is 17.7. The van der Waals surface area contributed by atoms with Crippen LogP contribution in [0.25, 0.3) is 0 Å². The lowest BCUT2D eigenvalue weighted by Crippen LogP contribution is -2.38. The van der Waals surface area contributed by atoms with E-state index in [1.165, 1.54) is 6.20 Å². The third-order valence-corrected chi connectivity index (χ3v) is 7.93. The van der Waals surface area contributed by atoms with Crippen LogP contribution in [0.5, 0.6) is 11.5 Å². The highest BCUT2D eigenvalue weighted by molar-refractivity contribution is 7.90. The number of nitrogens with zero attached hydrogens (tertiary/aromatic N) is 3. The molecular weight excluding hydrogens is 508 g/mol. The van der Waals surface area contributed by atoms with Crippen LogP contribution in [0.15, 0.2) is 35.5 Å². The molecule has 1 aromatic heterocycles. The predicted octanol–water partition coefficient (Wildman–Crippen LogP) is 3.36. The van der Waals surface area contributed by atoms with Crippen LogP contribution in [-0.4, -0.2) is 76.0 Å². The van der Waals surface area contributed by atoms with Gasteiger partial charge in [0.2, 0.25) is 5.91 Å². The summed E-state index contributed by atoms with van der Waals surface area (Å²) in [6, 6.07) is 6.46. The number of amides is 1. The van der Waals surface area contributed by atoms with Crippen LogP contribution < -0.4 is 14.4 Å². The van der Waals surface area contributed by atoms with Gasteiger partial charge in [-0.2, -0.15) is 0 Å². The summed E-state index contributed by atoms with van der Waals surface area (Å²) >= 11 is 0. The van der Waals surface area contributed by atoms with E-state index in [2.05, 4.69) is 4.98 Å². The van der Waals surface area contributed by atoms with Gasteiger partial charge in [-0.05, 0) is 31.0 Å². The van der Waals surface area contributed by atoms with Crippen molar-refractivity contribution in [1.29, 1.82) is 0 Å². The number of likely N-dealkylation sites (tertiary alicyclic amines) is 1. The Labute approximate surface area is 214 Å². The van der Waals surface area contributed by atoms with Crippen molar-refractivity contribution < 1.29 is 36.2 Å². The molecule has 0 bridgehead atoms. The van der Waals surface area contributed by atoms with E-state index in [-0.39, 0.29) is 17.9 Å². The van der Waals surface area contributed by atoms with E-state index >= 15 is 0 Å². The largest absolute Gasteiger partial charge is 0.490 e. The summed E-state index contributed by atoms with van der Waals surface area (Å²) in [7, 11) is -3.91. The standard InChI is InChI=1S/C25H29F2N3O6S/c1-37(32,33)24-20(23(26)27)12-17(14-28-24)30-8-11-35-22-3-2-18(13-21(22)30)36-19-4-7-29(15-19)25(31)16-5-9-34-10-6-16/h2-3,12-14,16,19,23H,4-11,15H2,1H3. The van der Waals surface area contributed by atoms with Crippen LogP contribution in [0, 0.1) is 5.92 Å². The van der Waals surface area contributed by atoms with Crippen molar-refractivity contribution in [2.45, 2.75) is 36.8 Å². The summed E-state index contributed by atoms with van der Waals surface area (Å²) in [5.74, 6) is 1.27. The molecule has 0 aliphatic carbocycles. The minimum atomic E-state index is -3.91. The summed E-state index contributed by atoms with van der Waals surface area (Å²) < 4.78 is 68.6. The number of sulfone groups is 1. The first-order valence-corrected chi connectivity index (χ1v) is 14.2. The molecule has 4 heterocycles. The first kappa shape index (κ1) is 25.7. The average Bonchev–Trinajstić information content (AvgIpc) is 3.36. The Morgan fingerprint density at radius 2 is 1.92 bits per heavy atom. The monoisotopic (exact) mass is 537 g/mol. The molecule has 2 fully saturated rings. The Balaban J connectivity index is 1.34. The van der Waals surface area contributed by atoms with E-state index < -0.39 is 26.9 Å². The number of alkyl halides is 2. The number of ether oxygens (including phenoxy) is 3. The number of fused-ring (bicyclic) bond motifs is 1. The van der Waals surface area contributed by atoms with E-state index in [4.69, 9.17) is 14.2 Å². The molecule has 1 aromatic carbocycles. The number of pyridine rings is 1. The lowest BCUT2D eigenvalue weighted by Gasteiger charge is -2.32. The van der Waals surface area contributed by atoms with Crippen molar-refractivity contribution in [2.75, 3.05) is 50.6 Å². The van der Waals surface area contributed by atoms with Gasteiger partial charge < -0.3 is 24.0 Å². The van der Waals surface area contributed by atoms with Crippen molar-refractivity contribution in [1.82, 2.24) is 9.88 Å². The van der Waals surface area contributed by atoms with E-state index in [0.29, 0.717) is 68.7 Å². The van der Waals surface area contributed by atoms with Crippen LogP contribution in [-0.2, 0) is 19.4 Å². The normalized spacial score (nSPS) is 20.6. The second kappa shape index (κ2) is 10.4. The molecule has 12 heteroatoms. The number of carbonyl (C=O) groups excluding carboxylic acids is 1. The van der Waals surface area contributed by atoms with E-state index in [9.17, 15) is 22.0 Å². The van der Waals surface area contributed by atoms with Gasteiger partial charge in [0.15, 0.2) is 14.9 Å². The fourth-order valence-corrected chi connectivity index (χ4v) is 5.85. The summed E-state index contributed by atoms with van der Waals surface area (Å²) in [6.07, 6.45) is 1.17. The summed E-state index contributed by atoms with van der Waals surface area (Å²) in [5.41, 5.74) is 0.296. The van der Waals surface area contributed by atoms with Crippen molar-refractivity contribution >= 4 is 27.1 Å². The number of halogens is 2. The molecule has 1 amide bonds. The second-order valence-electron chi connectivity index (χ2n) is 9.49. The Morgan fingerprint density at radius 3 is 2.65 bits per heavy atom. The molecule has 5 rings (SSSR count). The predicted molar refractivity (Wildman–Crippen MR) is 130 cm³/mol. The minimum Gasteiger partial charge on any atom is -0.490 e. The van der Waals surface area contributed by atoms with Gasteiger partial charge >= 0.3 is 0 Å². The summed E-state index contributed by atoms with van der Waals surface area (Å²) in [4.78, 5) is 20.3. The quantitative estimate of drug-likeness (QED) is 0.554. The third-order valence-electron chi connectivity index (χ3n) is 6.89. The zero-order chi connectivity index (χ0) is 26.2. The Kier molecular flexibility index (Phi) is 7.21. The van der Waals surface area contributed by atoms with Gasteiger partial charge in [0.25, 0.3) is 6.43 Å². The van der Waals surface area contributed by atoms with Crippen LogP contribution in [0.4, 0.5) is 20.2 Å². The van der Waals surface area contributed by atoms with Crippen LogP contribution >= 0.6 is 0 Å². The van der Waals surface area contributed by atoms with Crippen molar-refractivity contribution in [3.63, 3.8) is 0 Å². The number of aromatic nitrogens is 1. The molecule has 3 aliphatic rings. The van der Waals surface area contributed by atoms with Gasteiger partial charge in [-0.15, -0.1) is 0 Å². The zero-order valence-electron chi connectivity index (χ0n) is 20.4. The molecule has 3 aliphatic heterocycles. The number of carbonyl (C=O) groups is 1. The number of benzene rings is 1. The lowest BCUT2D eigenvalue weighted by molar-refractivity contribution is -0.137. The first-order valence-electron chi connectivity index (χ1n) is 12.3. The Bertz CT molecular complexity index is 1270. The van der Waals surface area contributed by atoms with Gasteiger partial charge in [-0.3, -0.25) is 4.79 Å². The van der Waals surface area contributed by atoms with Crippen LogP contribution in [0.3, 0.4) is 0 Å². The number of anilines is 2. The fourth-order valence-electron chi connectivity index (χ4n) is 5.03. The topological polar surface area (TPSA) is 98.3 Å². The van der Waals surface area contributed by atoms with Crippen molar-refractivity contribution in [2.24, 2.45) is 5.92 Å². The molecular formula is C25H29F2N3O6S. The number of rotatable bonds is 6. The number of hydrogen-bond acceptors (Lipinski definition) is 8. The lowest BCUT2D eigenvalue weighted by atomic mass is 9.99. The molecule has 9 nitrogen and oxygen atoms in total. The maximum Gasteiger partial charge on any atom is 0.266 e. The molecule has 0 N–H and O–H groups in total. The Hall–Kier alpha value is -2.99. The number of hydrogen-bond donors (Lipinski definition) is 0. The minimum absolute atomic E-state index is 0.00257. The summed E-state index contributed by atoms with van der Waals surface area (Å²) in [6.45, 7) is 3.04. The second-order valence-corrected chi connectivity index (χ2v) is 11.4. The zero-order valence-corrected chi connectivity index (χ0v) is 21.3. The molecule has 1 unspecified atom stereocenters. The molecule has 2 aromatic rings. The van der Waals surface area contributed by atoms with Crippen molar-refractivity contribution in [3.05, 3.63) is 36.0 Å². The van der Waals surface area contributed by atoms with Gasteiger partial charge in [0.1, 0.15) is 24.2 Å². The van der Waals surface area contributed by atoms with Gasteiger partial charge in [0.05, 0.1) is 36.2 Å². The average molecular weight is 538 g/mol. The summed E-state index contributed by atoms with van der Waals surface area (Å²) in [5, 5.41) is -0.627. The highest BCUT2D eigenvalue weighted by atomic mass is 32.2. The molecule has 37 heavy (non-hydrogen) atoms. The molecule has 0 spiro atoms. The Morgan fingerprint density at radius 1 is 1.14 bits per heavy atom. The van der Waals surface area contributed by atoms with E-state index in [0.717, 1.165) is 25.2 Å². The smallest absolute Gasteiger partial charge is 0.266 e. The molecule has 2 saturated heterocycles. The maximum absolute atomic E-state index is 13.7. The highest BCUT2D eigenvalue weighted by Crippen LogP contribution is 2.41. The van der Waals surface area contributed by atoms with Gasteiger partial charge in [0, 0.05) is 44.4 Å². The van der Waals surface area contributed by atoms with Crippen LogP contribution in [0.2, 0.25) is 0 Å². The highest BCUT2D eigenvalue weighted by Gasteiger charge is 2.33. The van der Waals surface area contributed by atoms with Crippen LogP contribution in [0.1, 0.15) is 31.3 Å².